The van der Waals surface area contributed by atoms with Crippen molar-refractivity contribution in [1.29, 1.82) is 0 Å². The maximum Gasteiger partial charge on any atom is 0.389 e. The summed E-state index contributed by atoms with van der Waals surface area (Å²) < 4.78 is 36.4. The molecule has 0 aliphatic heterocycles. The van der Waals surface area contributed by atoms with Gasteiger partial charge in [-0.1, -0.05) is 46.0 Å². The standard InChI is InChI=1S/C15H30F3N/c1-3-5-6-7-8-10-14(19-13-4-2)11-9-12-15(16,17)18/h14,19H,3-13H2,1-2H3. The molecule has 1 nitrogen and oxygen atoms in total. The van der Waals surface area contributed by atoms with Gasteiger partial charge >= 0.3 is 6.18 Å². The van der Waals surface area contributed by atoms with Gasteiger partial charge < -0.3 is 5.32 Å². The summed E-state index contributed by atoms with van der Waals surface area (Å²) in [5.41, 5.74) is 0. The molecule has 0 aromatic carbocycles. The van der Waals surface area contributed by atoms with Crippen molar-refractivity contribution in [2.24, 2.45) is 0 Å². The van der Waals surface area contributed by atoms with Crippen LogP contribution >= 0.6 is 0 Å². The molecule has 0 heterocycles. The lowest BCUT2D eigenvalue weighted by Crippen LogP contribution is -2.30. The third-order valence-electron chi connectivity index (χ3n) is 3.35. The van der Waals surface area contributed by atoms with Crippen LogP contribution in [0.1, 0.15) is 78.1 Å². The van der Waals surface area contributed by atoms with Gasteiger partial charge in [-0.05, 0) is 32.2 Å². The molecular weight excluding hydrogens is 251 g/mol. The second kappa shape index (κ2) is 11.6. The minimum absolute atomic E-state index is 0.250. The number of alkyl halides is 3. The summed E-state index contributed by atoms with van der Waals surface area (Å²) in [7, 11) is 0. The molecule has 19 heavy (non-hydrogen) atoms. The molecule has 0 amide bonds. The van der Waals surface area contributed by atoms with Crippen LogP contribution < -0.4 is 5.32 Å². The van der Waals surface area contributed by atoms with Crippen molar-refractivity contribution in [3.8, 4) is 0 Å². The number of nitrogens with one attached hydrogen (secondary N) is 1. The molecule has 0 radical (unpaired) electrons. The topological polar surface area (TPSA) is 12.0 Å². The zero-order valence-corrected chi connectivity index (χ0v) is 12.5. The Bertz CT molecular complexity index is 192. The average molecular weight is 281 g/mol. The monoisotopic (exact) mass is 281 g/mol. The largest absolute Gasteiger partial charge is 0.389 e. The van der Waals surface area contributed by atoms with Crippen LogP contribution in [0.15, 0.2) is 0 Å². The first-order valence-corrected chi connectivity index (χ1v) is 7.79. The number of hydrogen-bond donors (Lipinski definition) is 1. The minimum Gasteiger partial charge on any atom is -0.314 e. The summed E-state index contributed by atoms with van der Waals surface area (Å²) in [6, 6.07) is 0.268. The lowest BCUT2D eigenvalue weighted by Gasteiger charge is -2.19. The Kier molecular flexibility index (Phi) is 11.4. The maximum atomic E-state index is 12.1. The van der Waals surface area contributed by atoms with Crippen LogP contribution in [-0.2, 0) is 0 Å². The molecule has 0 aliphatic carbocycles. The van der Waals surface area contributed by atoms with Crippen molar-refractivity contribution in [2.75, 3.05) is 6.54 Å². The lowest BCUT2D eigenvalue weighted by atomic mass is 10.0. The Balaban J connectivity index is 3.75. The number of halogens is 3. The first kappa shape index (κ1) is 18.8. The fourth-order valence-electron chi connectivity index (χ4n) is 2.24. The van der Waals surface area contributed by atoms with E-state index in [1.54, 1.807) is 0 Å². The van der Waals surface area contributed by atoms with Gasteiger partial charge in [0.1, 0.15) is 0 Å². The van der Waals surface area contributed by atoms with Crippen LogP contribution in [0, 0.1) is 0 Å². The second-order valence-electron chi connectivity index (χ2n) is 5.36. The molecule has 0 saturated heterocycles. The van der Waals surface area contributed by atoms with Gasteiger partial charge in [-0.2, -0.15) is 13.2 Å². The molecule has 0 spiro atoms. The number of hydrogen-bond acceptors (Lipinski definition) is 1. The van der Waals surface area contributed by atoms with Crippen molar-refractivity contribution in [1.82, 2.24) is 5.32 Å². The minimum atomic E-state index is -4.00. The molecule has 116 valence electrons. The Morgan fingerprint density at radius 1 is 0.842 bits per heavy atom. The molecule has 1 N–H and O–H groups in total. The lowest BCUT2D eigenvalue weighted by molar-refractivity contribution is -0.135. The van der Waals surface area contributed by atoms with Crippen LogP contribution in [0.5, 0.6) is 0 Å². The molecule has 0 bridgehead atoms. The molecule has 1 unspecified atom stereocenters. The number of unbranched alkanes of at least 4 members (excludes halogenated alkanes) is 4. The fourth-order valence-corrected chi connectivity index (χ4v) is 2.24. The maximum absolute atomic E-state index is 12.1. The van der Waals surface area contributed by atoms with Gasteiger partial charge in [0.25, 0.3) is 0 Å². The summed E-state index contributed by atoms with van der Waals surface area (Å²) in [4.78, 5) is 0. The normalized spacial score (nSPS) is 13.7. The predicted octanol–water partition coefficient (Wildman–Crippen LogP) is 5.45. The van der Waals surface area contributed by atoms with E-state index >= 15 is 0 Å². The van der Waals surface area contributed by atoms with Crippen molar-refractivity contribution in [3.05, 3.63) is 0 Å². The van der Waals surface area contributed by atoms with E-state index in [9.17, 15) is 13.2 Å². The second-order valence-corrected chi connectivity index (χ2v) is 5.36. The molecule has 1 atom stereocenters. The molecule has 0 aromatic heterocycles. The van der Waals surface area contributed by atoms with Gasteiger partial charge in [-0.25, -0.2) is 0 Å². The van der Waals surface area contributed by atoms with Crippen LogP contribution in [0.4, 0.5) is 13.2 Å². The van der Waals surface area contributed by atoms with Gasteiger partial charge in [0.15, 0.2) is 0 Å². The zero-order valence-electron chi connectivity index (χ0n) is 12.5. The van der Waals surface area contributed by atoms with E-state index in [-0.39, 0.29) is 12.5 Å². The zero-order chi connectivity index (χ0) is 14.6. The Morgan fingerprint density at radius 3 is 2.05 bits per heavy atom. The smallest absolute Gasteiger partial charge is 0.314 e. The van der Waals surface area contributed by atoms with Crippen LogP contribution in [0.25, 0.3) is 0 Å². The van der Waals surface area contributed by atoms with Gasteiger partial charge in [0.05, 0.1) is 0 Å². The van der Waals surface area contributed by atoms with Gasteiger partial charge in [0, 0.05) is 12.5 Å². The Labute approximate surface area is 116 Å². The van der Waals surface area contributed by atoms with E-state index in [0.29, 0.717) is 6.42 Å². The Morgan fingerprint density at radius 2 is 1.47 bits per heavy atom. The Hall–Kier alpha value is -0.250. The molecule has 0 fully saturated rings. The number of rotatable bonds is 12. The highest BCUT2D eigenvalue weighted by molar-refractivity contribution is 4.68. The van der Waals surface area contributed by atoms with Gasteiger partial charge in [-0.3, -0.25) is 0 Å². The summed E-state index contributed by atoms with van der Waals surface area (Å²) in [6.45, 7) is 5.18. The molecular formula is C15H30F3N. The highest BCUT2D eigenvalue weighted by Crippen LogP contribution is 2.23. The molecule has 0 rings (SSSR count). The van der Waals surface area contributed by atoms with Crippen molar-refractivity contribution < 1.29 is 13.2 Å². The van der Waals surface area contributed by atoms with Crippen molar-refractivity contribution in [2.45, 2.75) is 90.3 Å². The third kappa shape index (κ3) is 14.0. The van der Waals surface area contributed by atoms with E-state index in [0.717, 1.165) is 25.8 Å². The predicted molar refractivity (Wildman–Crippen MR) is 75.4 cm³/mol. The summed E-state index contributed by atoms with van der Waals surface area (Å²) in [5, 5.41) is 3.38. The quantitative estimate of drug-likeness (QED) is 0.469. The van der Waals surface area contributed by atoms with Gasteiger partial charge in [0.2, 0.25) is 0 Å². The van der Waals surface area contributed by atoms with E-state index in [1.165, 1.54) is 25.7 Å². The SMILES string of the molecule is CCCCCCCC(CCCC(F)(F)F)NCCC. The summed E-state index contributed by atoms with van der Waals surface area (Å²) in [6.07, 6.45) is 4.37. The van der Waals surface area contributed by atoms with Crippen molar-refractivity contribution >= 4 is 0 Å². The average Bonchev–Trinajstić information content (AvgIpc) is 2.33. The summed E-state index contributed by atoms with van der Waals surface area (Å²) >= 11 is 0. The highest BCUT2D eigenvalue weighted by atomic mass is 19.4. The van der Waals surface area contributed by atoms with E-state index in [1.807, 2.05) is 0 Å². The van der Waals surface area contributed by atoms with Crippen LogP contribution in [0.2, 0.25) is 0 Å². The first-order valence-electron chi connectivity index (χ1n) is 7.79. The van der Waals surface area contributed by atoms with Crippen LogP contribution in [-0.4, -0.2) is 18.8 Å². The first-order chi connectivity index (χ1) is 8.99. The van der Waals surface area contributed by atoms with E-state index < -0.39 is 12.6 Å². The summed E-state index contributed by atoms with van der Waals surface area (Å²) in [5.74, 6) is 0. The van der Waals surface area contributed by atoms with E-state index in [4.69, 9.17) is 0 Å². The fraction of sp³-hybridized carbons (Fsp3) is 1.00. The third-order valence-corrected chi connectivity index (χ3v) is 3.35. The highest BCUT2D eigenvalue weighted by Gasteiger charge is 2.26. The van der Waals surface area contributed by atoms with Crippen molar-refractivity contribution in [3.63, 3.8) is 0 Å². The molecule has 0 aromatic rings. The van der Waals surface area contributed by atoms with Gasteiger partial charge in [-0.15, -0.1) is 0 Å². The molecule has 0 aliphatic rings. The van der Waals surface area contributed by atoms with Crippen LogP contribution in [0.3, 0.4) is 0 Å². The molecule has 0 saturated carbocycles. The van der Waals surface area contributed by atoms with E-state index in [2.05, 4.69) is 19.2 Å². The molecule has 4 heteroatoms.